The van der Waals surface area contributed by atoms with E-state index in [1.165, 1.54) is 212 Å². The fourth-order valence-electron chi connectivity index (χ4n) is 11.8. The average molecular weight is 1410 g/mol. The van der Waals surface area contributed by atoms with Crippen molar-refractivity contribution in [2.75, 3.05) is 39.6 Å². The molecule has 5 atom stereocenters. The second-order valence-electron chi connectivity index (χ2n) is 28.7. The molecule has 0 rings (SSSR count). The van der Waals surface area contributed by atoms with E-state index in [1.807, 2.05) is 0 Å². The van der Waals surface area contributed by atoms with Gasteiger partial charge in [-0.25, -0.2) is 9.13 Å². The highest BCUT2D eigenvalue weighted by Gasteiger charge is 2.30. The Morgan fingerprint density at radius 3 is 0.708 bits per heavy atom. The number of aliphatic hydroxyl groups is 1. The number of carbonyl (C=O) groups is 4. The second kappa shape index (κ2) is 68.8. The van der Waals surface area contributed by atoms with Crippen LogP contribution in [-0.4, -0.2) is 96.7 Å². The summed E-state index contributed by atoms with van der Waals surface area (Å²) in [5.74, 6) is -0.717. The molecule has 0 aliphatic carbocycles. The molecule has 3 N–H and O–H groups in total. The molecule has 570 valence electrons. The van der Waals surface area contributed by atoms with Crippen molar-refractivity contribution < 1.29 is 80.2 Å². The minimum absolute atomic E-state index is 0.103. The molecule has 2 unspecified atom stereocenters. The number of ether oxygens (including phenoxy) is 4. The van der Waals surface area contributed by atoms with Crippen LogP contribution in [0.5, 0.6) is 0 Å². The SMILES string of the molecule is CCCCCCCCCCCCCCCCCCCCC(=O)OC[C@H](COP(=O)(O)OC[C@@H](O)COP(=O)(O)OC[C@@H](COC(=O)CCCCCCCCCC(C)C)OC(=O)CCCCCCCCCC(C)C)OC(=O)CCCCCCCCCCCCCCCCCCCC. The summed E-state index contributed by atoms with van der Waals surface area (Å²) in [6, 6.07) is 0. The average Bonchev–Trinajstić information content (AvgIpc) is 1.22. The van der Waals surface area contributed by atoms with Gasteiger partial charge in [-0.1, -0.05) is 350 Å². The number of esters is 4. The van der Waals surface area contributed by atoms with Crippen molar-refractivity contribution in [3.05, 3.63) is 0 Å². The zero-order valence-electron chi connectivity index (χ0n) is 62.7. The predicted molar refractivity (Wildman–Crippen MR) is 391 cm³/mol. The largest absolute Gasteiger partial charge is 0.472 e. The molecule has 0 bridgehead atoms. The van der Waals surface area contributed by atoms with Crippen molar-refractivity contribution in [2.45, 2.75) is 419 Å². The Kier molecular flexibility index (Phi) is 67.4. The standard InChI is InChI=1S/C77H150O17P2/c1-7-9-11-13-15-17-19-21-23-25-27-29-31-33-35-41-47-53-59-74(79)87-65-72(93-76(81)61-55-49-42-36-34-32-30-28-26-24-22-20-18-16-14-12-10-8-2)67-91-95(83,84)89-63-71(78)64-90-96(85,86)92-68-73(94-77(82)62-56-50-44-38-40-46-52-58-70(5)6)66-88-75(80)60-54-48-43-37-39-45-51-57-69(3)4/h69-73,78H,7-68H2,1-6H3,(H,83,84)(H,85,86)/t71-,72-,73-/m1/s1. The summed E-state index contributed by atoms with van der Waals surface area (Å²) in [6.45, 7) is 9.48. The van der Waals surface area contributed by atoms with Gasteiger partial charge in [0.25, 0.3) is 0 Å². The van der Waals surface area contributed by atoms with E-state index >= 15 is 0 Å². The molecule has 0 spiro atoms. The van der Waals surface area contributed by atoms with Crippen LogP contribution in [0, 0.1) is 11.8 Å². The summed E-state index contributed by atoms with van der Waals surface area (Å²) in [7, 11) is -9.91. The van der Waals surface area contributed by atoms with Crippen LogP contribution >= 0.6 is 15.6 Å². The van der Waals surface area contributed by atoms with Crippen molar-refractivity contribution in [3.8, 4) is 0 Å². The first kappa shape index (κ1) is 94.1. The Morgan fingerprint density at radius 2 is 0.479 bits per heavy atom. The lowest BCUT2D eigenvalue weighted by Crippen LogP contribution is -2.30. The van der Waals surface area contributed by atoms with E-state index in [2.05, 4.69) is 41.5 Å². The van der Waals surface area contributed by atoms with Gasteiger partial charge < -0.3 is 33.8 Å². The number of hydrogen-bond acceptors (Lipinski definition) is 15. The molecule has 0 amide bonds. The summed E-state index contributed by atoms with van der Waals surface area (Å²) >= 11 is 0. The van der Waals surface area contributed by atoms with Gasteiger partial charge in [0, 0.05) is 25.7 Å². The topological polar surface area (TPSA) is 237 Å². The fourth-order valence-corrected chi connectivity index (χ4v) is 13.4. The van der Waals surface area contributed by atoms with E-state index in [0.717, 1.165) is 96.3 Å². The van der Waals surface area contributed by atoms with E-state index < -0.39 is 97.5 Å². The molecule has 0 radical (unpaired) electrons. The maximum absolute atomic E-state index is 13.1. The van der Waals surface area contributed by atoms with Crippen LogP contribution in [0.2, 0.25) is 0 Å². The lowest BCUT2D eigenvalue weighted by Gasteiger charge is -2.21. The number of unbranched alkanes of at least 4 members (excludes halogenated alkanes) is 46. The Labute approximate surface area is 588 Å². The maximum Gasteiger partial charge on any atom is 0.472 e. The van der Waals surface area contributed by atoms with E-state index in [4.69, 9.17) is 37.0 Å². The minimum Gasteiger partial charge on any atom is -0.462 e. The molecule has 0 saturated heterocycles. The van der Waals surface area contributed by atoms with Gasteiger partial charge in [0.1, 0.15) is 19.3 Å². The first-order valence-electron chi connectivity index (χ1n) is 40.0. The monoisotopic (exact) mass is 1410 g/mol. The molecule has 0 saturated carbocycles. The predicted octanol–water partition coefficient (Wildman–Crippen LogP) is 22.7. The van der Waals surface area contributed by atoms with Crippen molar-refractivity contribution in [2.24, 2.45) is 11.8 Å². The summed E-state index contributed by atoms with van der Waals surface area (Å²) in [4.78, 5) is 72.8. The Hall–Kier alpha value is -1.94. The van der Waals surface area contributed by atoms with Gasteiger partial charge in [0.05, 0.1) is 26.4 Å². The van der Waals surface area contributed by atoms with Crippen LogP contribution in [0.4, 0.5) is 0 Å². The molecule has 0 aromatic rings. The summed E-state index contributed by atoms with van der Waals surface area (Å²) in [6.07, 6.45) is 57.2. The molecule has 17 nitrogen and oxygen atoms in total. The van der Waals surface area contributed by atoms with E-state index in [-0.39, 0.29) is 25.7 Å². The number of phosphoric acid groups is 2. The van der Waals surface area contributed by atoms with Gasteiger partial charge >= 0.3 is 39.5 Å². The van der Waals surface area contributed by atoms with Gasteiger partial charge in [-0.2, -0.15) is 0 Å². The van der Waals surface area contributed by atoms with Crippen LogP contribution in [0.15, 0.2) is 0 Å². The Balaban J connectivity index is 5.21. The van der Waals surface area contributed by atoms with Crippen molar-refractivity contribution in [3.63, 3.8) is 0 Å². The van der Waals surface area contributed by atoms with Crippen LogP contribution in [-0.2, 0) is 65.4 Å². The van der Waals surface area contributed by atoms with Gasteiger partial charge in [-0.3, -0.25) is 37.3 Å². The zero-order chi connectivity index (χ0) is 70.7. The van der Waals surface area contributed by atoms with Crippen molar-refractivity contribution in [1.29, 1.82) is 0 Å². The molecule has 0 fully saturated rings. The highest BCUT2D eigenvalue weighted by atomic mass is 31.2. The summed E-state index contributed by atoms with van der Waals surface area (Å²) in [5, 5.41) is 10.6. The molecule has 0 aromatic carbocycles. The summed E-state index contributed by atoms with van der Waals surface area (Å²) in [5.41, 5.74) is 0. The lowest BCUT2D eigenvalue weighted by molar-refractivity contribution is -0.161. The van der Waals surface area contributed by atoms with Crippen molar-refractivity contribution >= 4 is 39.5 Å². The Bertz CT molecular complexity index is 1860. The fraction of sp³-hybridized carbons (Fsp3) is 0.948. The first-order chi connectivity index (χ1) is 46.4. The number of rotatable bonds is 76. The molecule has 0 aliphatic rings. The molecule has 0 aliphatic heterocycles. The molecule has 0 aromatic heterocycles. The smallest absolute Gasteiger partial charge is 0.462 e. The van der Waals surface area contributed by atoms with Gasteiger partial charge in [0.15, 0.2) is 12.2 Å². The molecular weight excluding hydrogens is 1260 g/mol. The van der Waals surface area contributed by atoms with Crippen molar-refractivity contribution in [1.82, 2.24) is 0 Å². The van der Waals surface area contributed by atoms with Crippen LogP contribution < -0.4 is 0 Å². The Morgan fingerprint density at radius 1 is 0.281 bits per heavy atom. The van der Waals surface area contributed by atoms with E-state index in [0.29, 0.717) is 37.5 Å². The normalized spacial score (nSPS) is 14.0. The van der Waals surface area contributed by atoms with E-state index in [9.17, 15) is 43.2 Å². The zero-order valence-corrected chi connectivity index (χ0v) is 64.5. The quantitative estimate of drug-likeness (QED) is 0.0222. The highest BCUT2D eigenvalue weighted by molar-refractivity contribution is 7.47. The second-order valence-corrected chi connectivity index (χ2v) is 31.6. The number of hydrogen-bond donors (Lipinski definition) is 3. The molecular formula is C77H150O17P2. The summed E-state index contributed by atoms with van der Waals surface area (Å²) < 4.78 is 68.5. The third-order valence-electron chi connectivity index (χ3n) is 18.0. The minimum atomic E-state index is -4.96. The lowest BCUT2D eigenvalue weighted by atomic mass is 10.0. The maximum atomic E-state index is 13.1. The van der Waals surface area contributed by atoms with Gasteiger partial charge in [-0.15, -0.1) is 0 Å². The van der Waals surface area contributed by atoms with Gasteiger partial charge in [0.2, 0.25) is 0 Å². The third kappa shape index (κ3) is 70.5. The molecule has 19 heteroatoms. The van der Waals surface area contributed by atoms with Crippen LogP contribution in [0.3, 0.4) is 0 Å². The highest BCUT2D eigenvalue weighted by Crippen LogP contribution is 2.45. The van der Waals surface area contributed by atoms with Crippen LogP contribution in [0.1, 0.15) is 401 Å². The molecule has 0 heterocycles. The van der Waals surface area contributed by atoms with E-state index in [1.54, 1.807) is 0 Å². The number of carbonyl (C=O) groups excluding carboxylic acids is 4. The first-order valence-corrected chi connectivity index (χ1v) is 43.0. The van der Waals surface area contributed by atoms with Crippen LogP contribution in [0.25, 0.3) is 0 Å². The number of phosphoric ester groups is 2. The van der Waals surface area contributed by atoms with Gasteiger partial charge in [-0.05, 0) is 37.5 Å². The third-order valence-corrected chi connectivity index (χ3v) is 19.9. The number of aliphatic hydroxyl groups excluding tert-OH is 1. The molecule has 96 heavy (non-hydrogen) atoms.